The highest BCUT2D eigenvalue weighted by Crippen LogP contribution is 2.38. The van der Waals surface area contributed by atoms with E-state index >= 15 is 0 Å². The summed E-state index contributed by atoms with van der Waals surface area (Å²) in [4.78, 5) is 6.93. The van der Waals surface area contributed by atoms with E-state index in [0.29, 0.717) is 0 Å². The van der Waals surface area contributed by atoms with Gasteiger partial charge in [-0.05, 0) is 13.0 Å². The molecule has 0 radical (unpaired) electrons. The maximum Gasteiger partial charge on any atom is 0.145 e. The molecule has 1 aromatic heterocycles. The molecule has 0 spiro atoms. The lowest BCUT2D eigenvalue weighted by molar-refractivity contribution is 0.419. The monoisotopic (exact) mass is 327 g/mol. The SMILES string of the molecule is COc1cccc2c(N3CCNCC3)c(Cl)c(C)nc12.Cl. The number of methoxy groups -OCH3 is 1. The average molecular weight is 328 g/mol. The van der Waals surface area contributed by atoms with Crippen LogP contribution in [0.4, 0.5) is 5.69 Å². The van der Waals surface area contributed by atoms with Crippen molar-refractivity contribution in [2.45, 2.75) is 6.92 Å². The molecular formula is C15H19Cl2N3O. The summed E-state index contributed by atoms with van der Waals surface area (Å²) in [6.45, 7) is 5.80. The second kappa shape index (κ2) is 6.69. The number of fused-ring (bicyclic) bond motifs is 1. The van der Waals surface area contributed by atoms with Gasteiger partial charge in [0.1, 0.15) is 11.3 Å². The molecule has 1 aliphatic heterocycles. The molecule has 0 bridgehead atoms. The van der Waals surface area contributed by atoms with Crippen LogP contribution in [-0.4, -0.2) is 38.3 Å². The lowest BCUT2D eigenvalue weighted by Crippen LogP contribution is -2.43. The van der Waals surface area contributed by atoms with Crippen molar-refractivity contribution in [1.82, 2.24) is 10.3 Å². The van der Waals surface area contributed by atoms with Gasteiger partial charge in [-0.3, -0.25) is 0 Å². The number of anilines is 1. The molecule has 0 saturated carbocycles. The summed E-state index contributed by atoms with van der Waals surface area (Å²) < 4.78 is 5.43. The van der Waals surface area contributed by atoms with Crippen molar-refractivity contribution in [3.63, 3.8) is 0 Å². The first-order valence-electron chi connectivity index (χ1n) is 6.81. The van der Waals surface area contributed by atoms with Crippen molar-refractivity contribution in [3.05, 3.63) is 28.9 Å². The van der Waals surface area contributed by atoms with E-state index < -0.39 is 0 Å². The standard InChI is InChI=1S/C15H18ClN3O.ClH/c1-10-13(16)15(19-8-6-17-7-9-19)11-4-3-5-12(20-2)14(11)18-10;/h3-5,17H,6-9H2,1-2H3;1H. The lowest BCUT2D eigenvalue weighted by atomic mass is 10.1. The van der Waals surface area contributed by atoms with Crippen molar-refractivity contribution in [3.8, 4) is 5.75 Å². The topological polar surface area (TPSA) is 37.4 Å². The third-order valence-corrected chi connectivity index (χ3v) is 4.16. The van der Waals surface area contributed by atoms with Crippen LogP contribution in [0.2, 0.25) is 5.02 Å². The van der Waals surface area contributed by atoms with Gasteiger partial charge in [-0.15, -0.1) is 12.4 Å². The van der Waals surface area contributed by atoms with E-state index in [4.69, 9.17) is 16.3 Å². The molecule has 3 rings (SSSR count). The summed E-state index contributed by atoms with van der Waals surface area (Å²) in [6, 6.07) is 5.98. The molecule has 1 aliphatic rings. The zero-order valence-corrected chi connectivity index (χ0v) is 13.7. The summed E-state index contributed by atoms with van der Waals surface area (Å²) in [5.74, 6) is 0.790. The molecule has 2 heterocycles. The second-order valence-electron chi connectivity index (χ2n) is 4.95. The number of pyridine rings is 1. The van der Waals surface area contributed by atoms with Crippen LogP contribution in [0.15, 0.2) is 18.2 Å². The quantitative estimate of drug-likeness (QED) is 0.919. The number of halogens is 2. The smallest absolute Gasteiger partial charge is 0.145 e. The minimum atomic E-state index is 0. The van der Waals surface area contributed by atoms with Crippen LogP contribution in [0.1, 0.15) is 5.69 Å². The highest BCUT2D eigenvalue weighted by Gasteiger charge is 2.20. The minimum Gasteiger partial charge on any atom is -0.494 e. The van der Waals surface area contributed by atoms with Crippen molar-refractivity contribution < 1.29 is 4.74 Å². The molecule has 4 nitrogen and oxygen atoms in total. The molecule has 1 aromatic carbocycles. The number of hydrogen-bond acceptors (Lipinski definition) is 4. The first-order chi connectivity index (χ1) is 9.72. The van der Waals surface area contributed by atoms with Gasteiger partial charge >= 0.3 is 0 Å². The fraction of sp³-hybridized carbons (Fsp3) is 0.400. The van der Waals surface area contributed by atoms with Crippen molar-refractivity contribution in [2.75, 3.05) is 38.2 Å². The Hall–Kier alpha value is -1.23. The van der Waals surface area contributed by atoms with Crippen molar-refractivity contribution in [1.29, 1.82) is 0 Å². The summed E-state index contributed by atoms with van der Waals surface area (Å²) in [5.41, 5.74) is 2.80. The Labute approximate surface area is 135 Å². The van der Waals surface area contributed by atoms with Gasteiger partial charge in [0, 0.05) is 31.6 Å². The van der Waals surface area contributed by atoms with Gasteiger partial charge in [0.05, 0.1) is 23.5 Å². The van der Waals surface area contributed by atoms with Crippen molar-refractivity contribution in [2.24, 2.45) is 0 Å². The van der Waals surface area contributed by atoms with Crippen LogP contribution >= 0.6 is 24.0 Å². The van der Waals surface area contributed by atoms with Gasteiger partial charge in [0.2, 0.25) is 0 Å². The third-order valence-electron chi connectivity index (χ3n) is 3.71. The third kappa shape index (κ3) is 2.89. The number of benzene rings is 1. The number of rotatable bonds is 2. The Bertz CT molecular complexity index is 642. The van der Waals surface area contributed by atoms with E-state index in [9.17, 15) is 0 Å². The summed E-state index contributed by atoms with van der Waals surface area (Å²) in [7, 11) is 1.67. The Morgan fingerprint density at radius 3 is 2.67 bits per heavy atom. The fourth-order valence-electron chi connectivity index (χ4n) is 2.70. The Morgan fingerprint density at radius 2 is 2.00 bits per heavy atom. The van der Waals surface area contributed by atoms with Crippen LogP contribution in [0.25, 0.3) is 10.9 Å². The Balaban J connectivity index is 0.00000161. The number of nitrogens with one attached hydrogen (secondary N) is 1. The van der Waals surface area contributed by atoms with Gasteiger partial charge in [0.25, 0.3) is 0 Å². The molecule has 0 aliphatic carbocycles. The molecular weight excluding hydrogens is 309 g/mol. The van der Waals surface area contributed by atoms with E-state index in [2.05, 4.69) is 21.3 Å². The predicted octanol–water partition coefficient (Wildman–Crippen LogP) is 3.04. The molecule has 1 saturated heterocycles. The number of para-hydroxylation sites is 1. The largest absolute Gasteiger partial charge is 0.494 e. The Morgan fingerprint density at radius 1 is 1.29 bits per heavy atom. The number of aromatic nitrogens is 1. The zero-order valence-electron chi connectivity index (χ0n) is 12.1. The highest BCUT2D eigenvalue weighted by atomic mass is 35.5. The van der Waals surface area contributed by atoms with Crippen LogP contribution in [-0.2, 0) is 0 Å². The van der Waals surface area contributed by atoms with Crippen LogP contribution in [0, 0.1) is 6.92 Å². The van der Waals surface area contributed by atoms with E-state index in [1.54, 1.807) is 7.11 Å². The summed E-state index contributed by atoms with van der Waals surface area (Å²) in [5, 5.41) is 5.16. The second-order valence-corrected chi connectivity index (χ2v) is 5.33. The van der Waals surface area contributed by atoms with Gasteiger partial charge in [-0.25, -0.2) is 4.98 Å². The van der Waals surface area contributed by atoms with Crippen LogP contribution < -0.4 is 15.0 Å². The lowest BCUT2D eigenvalue weighted by Gasteiger charge is -2.31. The summed E-state index contributed by atoms with van der Waals surface area (Å²) >= 11 is 6.54. The van der Waals surface area contributed by atoms with Crippen LogP contribution in [0.3, 0.4) is 0 Å². The molecule has 114 valence electrons. The first kappa shape index (κ1) is 16.1. The molecule has 1 N–H and O–H groups in total. The maximum absolute atomic E-state index is 6.54. The maximum atomic E-state index is 6.54. The minimum absolute atomic E-state index is 0. The van der Waals surface area contributed by atoms with Crippen molar-refractivity contribution >= 4 is 40.6 Å². The number of hydrogen-bond donors (Lipinski definition) is 1. The Kier molecular flexibility index (Phi) is 5.14. The van der Waals surface area contributed by atoms with E-state index in [1.165, 1.54) is 0 Å². The molecule has 6 heteroatoms. The van der Waals surface area contributed by atoms with E-state index in [0.717, 1.165) is 59.2 Å². The zero-order chi connectivity index (χ0) is 14.1. The van der Waals surface area contributed by atoms with E-state index in [1.807, 2.05) is 19.1 Å². The first-order valence-corrected chi connectivity index (χ1v) is 7.18. The predicted molar refractivity (Wildman–Crippen MR) is 90.4 cm³/mol. The average Bonchev–Trinajstić information content (AvgIpc) is 2.49. The summed E-state index contributed by atoms with van der Waals surface area (Å²) in [6.07, 6.45) is 0. The number of nitrogens with zero attached hydrogens (tertiary/aromatic N) is 2. The van der Waals surface area contributed by atoms with Gasteiger partial charge in [-0.2, -0.15) is 0 Å². The van der Waals surface area contributed by atoms with Gasteiger partial charge < -0.3 is 15.0 Å². The molecule has 21 heavy (non-hydrogen) atoms. The number of piperazine rings is 1. The molecule has 2 aromatic rings. The molecule has 0 unspecified atom stereocenters. The molecule has 1 fully saturated rings. The van der Waals surface area contributed by atoms with Gasteiger partial charge in [-0.1, -0.05) is 23.7 Å². The molecule has 0 amide bonds. The number of aryl methyl sites for hydroxylation is 1. The highest BCUT2D eigenvalue weighted by molar-refractivity contribution is 6.35. The van der Waals surface area contributed by atoms with E-state index in [-0.39, 0.29) is 12.4 Å². The fourth-order valence-corrected chi connectivity index (χ4v) is 2.96. The normalized spacial score (nSPS) is 14.9. The number of ether oxygens (including phenoxy) is 1. The molecule has 0 atom stereocenters. The van der Waals surface area contributed by atoms with Gasteiger partial charge in [0.15, 0.2) is 0 Å². The van der Waals surface area contributed by atoms with Crippen LogP contribution in [0.5, 0.6) is 5.75 Å².